The highest BCUT2D eigenvalue weighted by Crippen LogP contribution is 2.28. The van der Waals surface area contributed by atoms with Gasteiger partial charge in [0.15, 0.2) is 0 Å². The van der Waals surface area contributed by atoms with E-state index in [0.717, 1.165) is 11.3 Å². The van der Waals surface area contributed by atoms with Gasteiger partial charge in [-0.05, 0) is 11.6 Å². The lowest BCUT2D eigenvalue weighted by Crippen LogP contribution is -2.31. The number of para-hydroxylation sites is 1. The maximum atomic E-state index is 9.82. The van der Waals surface area contributed by atoms with Crippen molar-refractivity contribution in [2.75, 3.05) is 18.5 Å². The van der Waals surface area contributed by atoms with Gasteiger partial charge in [-0.1, -0.05) is 48.5 Å². The largest absolute Gasteiger partial charge is 0.388 e. The first-order chi connectivity index (χ1) is 9.34. The fraction of sp³-hybridized carbons (Fsp3) is 0.250. The zero-order valence-electron chi connectivity index (χ0n) is 10.6. The van der Waals surface area contributed by atoms with E-state index in [1.807, 2.05) is 36.4 Å². The van der Waals surface area contributed by atoms with Crippen molar-refractivity contribution in [3.05, 3.63) is 54.6 Å². The maximum Gasteiger partial charge on any atom is 0.0996 e. The summed E-state index contributed by atoms with van der Waals surface area (Å²) in [5, 5.41) is 13.2. The van der Waals surface area contributed by atoms with Crippen LogP contribution in [0.2, 0.25) is 0 Å². The predicted octanol–water partition coefficient (Wildman–Crippen LogP) is 2.53. The van der Waals surface area contributed by atoms with E-state index in [1.54, 1.807) is 0 Å². The van der Waals surface area contributed by atoms with Crippen LogP contribution in [-0.2, 0) is 4.74 Å². The van der Waals surface area contributed by atoms with Gasteiger partial charge in [0.1, 0.15) is 0 Å². The lowest BCUT2D eigenvalue weighted by molar-refractivity contribution is 0.125. The lowest BCUT2D eigenvalue weighted by atomic mass is 10.0. The Balaban J connectivity index is 1.89. The van der Waals surface area contributed by atoms with Crippen LogP contribution in [0, 0.1) is 0 Å². The molecule has 1 aliphatic heterocycles. The van der Waals surface area contributed by atoms with E-state index in [2.05, 4.69) is 23.5 Å². The molecule has 3 heteroatoms. The number of anilines is 1. The summed E-state index contributed by atoms with van der Waals surface area (Å²) < 4.78 is 5.27. The molecule has 19 heavy (non-hydrogen) atoms. The molecule has 0 saturated carbocycles. The van der Waals surface area contributed by atoms with Crippen molar-refractivity contribution in [3.63, 3.8) is 0 Å². The first-order valence-electron chi connectivity index (χ1n) is 6.51. The Kier molecular flexibility index (Phi) is 3.49. The van der Waals surface area contributed by atoms with Crippen LogP contribution < -0.4 is 5.32 Å². The van der Waals surface area contributed by atoms with Gasteiger partial charge in [0.05, 0.1) is 25.4 Å². The molecule has 0 radical (unpaired) electrons. The summed E-state index contributed by atoms with van der Waals surface area (Å²) in [4.78, 5) is 0. The van der Waals surface area contributed by atoms with Crippen LogP contribution in [0.3, 0.4) is 0 Å². The summed E-state index contributed by atoms with van der Waals surface area (Å²) in [5.41, 5.74) is 3.34. The van der Waals surface area contributed by atoms with Gasteiger partial charge >= 0.3 is 0 Å². The Morgan fingerprint density at radius 1 is 0.947 bits per heavy atom. The molecule has 2 aromatic carbocycles. The Hall–Kier alpha value is -1.84. The molecule has 0 aliphatic carbocycles. The Morgan fingerprint density at radius 3 is 2.42 bits per heavy atom. The van der Waals surface area contributed by atoms with E-state index in [9.17, 15) is 5.11 Å². The van der Waals surface area contributed by atoms with Crippen molar-refractivity contribution in [3.8, 4) is 11.1 Å². The summed E-state index contributed by atoms with van der Waals surface area (Å²) in [6, 6.07) is 18.3. The zero-order valence-corrected chi connectivity index (χ0v) is 10.6. The average molecular weight is 255 g/mol. The van der Waals surface area contributed by atoms with E-state index < -0.39 is 6.10 Å². The van der Waals surface area contributed by atoms with Gasteiger partial charge in [-0.2, -0.15) is 0 Å². The minimum absolute atomic E-state index is 0.0372. The van der Waals surface area contributed by atoms with Crippen LogP contribution in [0.4, 0.5) is 5.69 Å². The summed E-state index contributed by atoms with van der Waals surface area (Å²) in [6.45, 7) is 0.954. The molecule has 3 rings (SSSR count). The van der Waals surface area contributed by atoms with Crippen molar-refractivity contribution in [2.45, 2.75) is 12.1 Å². The molecule has 3 nitrogen and oxygen atoms in total. The molecule has 0 spiro atoms. The molecule has 2 N–H and O–H groups in total. The highest BCUT2D eigenvalue weighted by molar-refractivity contribution is 5.77. The summed E-state index contributed by atoms with van der Waals surface area (Å²) in [7, 11) is 0. The second-order valence-electron chi connectivity index (χ2n) is 4.77. The van der Waals surface area contributed by atoms with Crippen molar-refractivity contribution in [2.24, 2.45) is 0 Å². The minimum Gasteiger partial charge on any atom is -0.388 e. The molecular weight excluding hydrogens is 238 g/mol. The topological polar surface area (TPSA) is 41.5 Å². The molecule has 2 aromatic rings. The fourth-order valence-corrected chi connectivity index (χ4v) is 2.36. The highest BCUT2D eigenvalue weighted by atomic mass is 16.5. The predicted molar refractivity (Wildman–Crippen MR) is 76.1 cm³/mol. The number of rotatable bonds is 3. The van der Waals surface area contributed by atoms with Gasteiger partial charge in [-0.15, -0.1) is 0 Å². The lowest BCUT2D eigenvalue weighted by Gasteiger charge is -2.18. The van der Waals surface area contributed by atoms with Gasteiger partial charge in [-0.25, -0.2) is 0 Å². The van der Waals surface area contributed by atoms with Crippen molar-refractivity contribution in [1.82, 2.24) is 0 Å². The van der Waals surface area contributed by atoms with Crippen LogP contribution >= 0.6 is 0 Å². The molecule has 2 atom stereocenters. The van der Waals surface area contributed by atoms with Crippen LogP contribution in [0.25, 0.3) is 11.1 Å². The second kappa shape index (κ2) is 5.43. The molecule has 1 heterocycles. The monoisotopic (exact) mass is 255 g/mol. The van der Waals surface area contributed by atoms with Crippen LogP contribution in [0.15, 0.2) is 54.6 Å². The normalized spacial score (nSPS) is 22.4. The second-order valence-corrected chi connectivity index (χ2v) is 4.77. The maximum absolute atomic E-state index is 9.82. The van der Waals surface area contributed by atoms with Crippen molar-refractivity contribution in [1.29, 1.82) is 0 Å². The van der Waals surface area contributed by atoms with Crippen LogP contribution in [-0.4, -0.2) is 30.5 Å². The van der Waals surface area contributed by atoms with Crippen molar-refractivity contribution >= 4 is 5.69 Å². The fourth-order valence-electron chi connectivity index (χ4n) is 2.36. The van der Waals surface area contributed by atoms with E-state index in [1.165, 1.54) is 5.56 Å². The third kappa shape index (κ3) is 2.62. The smallest absolute Gasteiger partial charge is 0.0996 e. The summed E-state index contributed by atoms with van der Waals surface area (Å²) >= 11 is 0. The third-order valence-electron chi connectivity index (χ3n) is 3.40. The zero-order chi connectivity index (χ0) is 13.1. The SMILES string of the molecule is OC1COCC1Nc1ccccc1-c1ccccc1. The summed E-state index contributed by atoms with van der Waals surface area (Å²) in [6.07, 6.45) is -0.441. The van der Waals surface area contributed by atoms with Gasteiger partial charge in [0.2, 0.25) is 0 Å². The molecular formula is C16H17NO2. The number of ether oxygens (including phenoxy) is 1. The van der Waals surface area contributed by atoms with E-state index in [0.29, 0.717) is 13.2 Å². The molecule has 1 fully saturated rings. The van der Waals surface area contributed by atoms with Crippen molar-refractivity contribution < 1.29 is 9.84 Å². The molecule has 98 valence electrons. The standard InChI is InChI=1S/C16H17NO2/c18-16-11-19-10-15(16)17-14-9-5-4-8-13(14)12-6-2-1-3-7-12/h1-9,15-18H,10-11H2. The van der Waals surface area contributed by atoms with Crippen LogP contribution in [0.5, 0.6) is 0 Å². The third-order valence-corrected chi connectivity index (χ3v) is 3.40. The number of benzene rings is 2. The van der Waals surface area contributed by atoms with E-state index in [4.69, 9.17) is 4.74 Å². The Morgan fingerprint density at radius 2 is 1.68 bits per heavy atom. The summed E-state index contributed by atoms with van der Waals surface area (Å²) in [5.74, 6) is 0. The quantitative estimate of drug-likeness (QED) is 0.885. The first-order valence-corrected chi connectivity index (χ1v) is 6.51. The Bertz CT molecular complexity index is 541. The Labute approximate surface area is 112 Å². The highest BCUT2D eigenvalue weighted by Gasteiger charge is 2.26. The van der Waals surface area contributed by atoms with Gasteiger partial charge in [0.25, 0.3) is 0 Å². The number of nitrogens with one attached hydrogen (secondary N) is 1. The first kappa shape index (κ1) is 12.2. The molecule has 0 amide bonds. The van der Waals surface area contributed by atoms with Crippen LogP contribution in [0.1, 0.15) is 0 Å². The van der Waals surface area contributed by atoms with E-state index in [-0.39, 0.29) is 6.04 Å². The molecule has 2 unspecified atom stereocenters. The van der Waals surface area contributed by atoms with Gasteiger partial charge in [-0.3, -0.25) is 0 Å². The molecule has 1 aliphatic rings. The number of aliphatic hydroxyl groups is 1. The molecule has 1 saturated heterocycles. The molecule has 0 aromatic heterocycles. The number of aliphatic hydroxyl groups excluding tert-OH is 1. The number of hydrogen-bond acceptors (Lipinski definition) is 3. The number of hydrogen-bond donors (Lipinski definition) is 2. The van der Waals surface area contributed by atoms with E-state index >= 15 is 0 Å². The van der Waals surface area contributed by atoms with Gasteiger partial charge < -0.3 is 15.2 Å². The average Bonchev–Trinajstić information content (AvgIpc) is 2.86. The molecule has 0 bridgehead atoms. The van der Waals surface area contributed by atoms with Gasteiger partial charge in [0, 0.05) is 11.3 Å². The minimum atomic E-state index is -0.441.